The molecule has 0 atom stereocenters. The van der Waals surface area contributed by atoms with Crippen LogP contribution in [0.25, 0.3) is 0 Å². The lowest BCUT2D eigenvalue weighted by Gasteiger charge is -2.36. The molecular weight excluding hydrogens is 308 g/mol. The predicted molar refractivity (Wildman–Crippen MR) is 86.0 cm³/mol. The molecule has 21 heavy (non-hydrogen) atoms. The van der Waals surface area contributed by atoms with E-state index in [0.717, 1.165) is 5.75 Å². The van der Waals surface area contributed by atoms with Gasteiger partial charge in [0.25, 0.3) is 10.0 Å². The first-order valence-electron chi connectivity index (χ1n) is 7.17. The molecule has 1 aliphatic heterocycles. The largest absolute Gasteiger partial charge is 0.447 e. The normalized spacial score (nSPS) is 20.0. The Bertz CT molecular complexity index is 579. The fourth-order valence-corrected chi connectivity index (χ4v) is 5.04. The molecule has 0 saturated carbocycles. The van der Waals surface area contributed by atoms with Crippen LogP contribution in [0.2, 0.25) is 0 Å². The monoisotopic (exact) mass is 332 g/mol. The predicted octanol–water partition coefficient (Wildman–Crippen LogP) is 2.29. The van der Waals surface area contributed by atoms with Crippen LogP contribution in [0, 0.1) is 0 Å². The van der Waals surface area contributed by atoms with Crippen LogP contribution in [0.1, 0.15) is 33.5 Å². The summed E-state index contributed by atoms with van der Waals surface area (Å²) in [4.78, 5) is 0. The number of hydrogen-bond donors (Lipinski definition) is 1. The molecule has 7 heteroatoms. The SMILES string of the molecule is CC(C)NCc1ccc(S(=O)(=O)N2CCSC(C)(C)C2)o1. The van der Waals surface area contributed by atoms with Gasteiger partial charge < -0.3 is 9.73 Å². The van der Waals surface area contributed by atoms with Crippen LogP contribution >= 0.6 is 11.8 Å². The number of hydrogen-bond acceptors (Lipinski definition) is 5. The van der Waals surface area contributed by atoms with Crippen molar-refractivity contribution in [2.75, 3.05) is 18.8 Å². The molecule has 2 heterocycles. The Morgan fingerprint density at radius 3 is 2.76 bits per heavy atom. The third kappa shape index (κ3) is 4.25. The number of sulfonamides is 1. The van der Waals surface area contributed by atoms with Gasteiger partial charge in [0, 0.05) is 29.6 Å². The summed E-state index contributed by atoms with van der Waals surface area (Å²) in [6, 6.07) is 3.61. The Labute approximate surface area is 131 Å². The summed E-state index contributed by atoms with van der Waals surface area (Å²) < 4.78 is 32.3. The number of nitrogens with one attached hydrogen (secondary N) is 1. The topological polar surface area (TPSA) is 62.6 Å². The molecular formula is C14H24N2O3S2. The second-order valence-corrected chi connectivity index (χ2v) is 9.87. The molecule has 2 rings (SSSR count). The summed E-state index contributed by atoms with van der Waals surface area (Å²) in [5, 5.41) is 3.26. The van der Waals surface area contributed by atoms with Gasteiger partial charge in [-0.15, -0.1) is 0 Å². The van der Waals surface area contributed by atoms with Crippen molar-refractivity contribution in [1.82, 2.24) is 9.62 Å². The minimum atomic E-state index is -3.53. The average Bonchev–Trinajstić information content (AvgIpc) is 2.84. The minimum Gasteiger partial charge on any atom is -0.447 e. The van der Waals surface area contributed by atoms with Gasteiger partial charge >= 0.3 is 0 Å². The van der Waals surface area contributed by atoms with Crippen LogP contribution in [-0.2, 0) is 16.6 Å². The van der Waals surface area contributed by atoms with Crippen molar-refractivity contribution in [3.8, 4) is 0 Å². The van der Waals surface area contributed by atoms with Gasteiger partial charge in [-0.05, 0) is 26.0 Å². The highest BCUT2D eigenvalue weighted by Gasteiger charge is 2.36. The van der Waals surface area contributed by atoms with Crippen molar-refractivity contribution in [1.29, 1.82) is 0 Å². The Hall–Kier alpha value is -0.500. The highest BCUT2D eigenvalue weighted by Crippen LogP contribution is 2.32. The minimum absolute atomic E-state index is 0.0470. The molecule has 0 unspecified atom stereocenters. The lowest BCUT2D eigenvalue weighted by molar-refractivity contribution is 0.350. The van der Waals surface area contributed by atoms with Crippen LogP contribution in [0.4, 0.5) is 0 Å². The number of nitrogens with zero attached hydrogens (tertiary/aromatic N) is 1. The Balaban J connectivity index is 2.12. The van der Waals surface area contributed by atoms with Crippen molar-refractivity contribution in [2.45, 2.75) is 50.1 Å². The highest BCUT2D eigenvalue weighted by molar-refractivity contribution is 8.00. The molecule has 0 aliphatic carbocycles. The first-order chi connectivity index (χ1) is 9.71. The van der Waals surface area contributed by atoms with Crippen molar-refractivity contribution >= 4 is 21.8 Å². The average molecular weight is 332 g/mol. The first-order valence-corrected chi connectivity index (χ1v) is 9.59. The molecule has 0 aromatic carbocycles. The van der Waals surface area contributed by atoms with Crippen molar-refractivity contribution < 1.29 is 12.8 Å². The highest BCUT2D eigenvalue weighted by atomic mass is 32.2. The van der Waals surface area contributed by atoms with E-state index in [9.17, 15) is 8.42 Å². The summed E-state index contributed by atoms with van der Waals surface area (Å²) in [5.41, 5.74) is 0. The van der Waals surface area contributed by atoms with Gasteiger partial charge in [-0.1, -0.05) is 13.8 Å². The van der Waals surface area contributed by atoms with Gasteiger partial charge in [-0.2, -0.15) is 16.1 Å². The van der Waals surface area contributed by atoms with Crippen LogP contribution in [0.5, 0.6) is 0 Å². The van der Waals surface area contributed by atoms with Crippen LogP contribution < -0.4 is 5.32 Å². The molecule has 1 aromatic rings. The molecule has 1 aromatic heterocycles. The van der Waals surface area contributed by atoms with Crippen LogP contribution in [-0.4, -0.2) is 42.4 Å². The second-order valence-electron chi connectivity index (χ2n) is 6.20. The van der Waals surface area contributed by atoms with E-state index in [0.29, 0.717) is 31.4 Å². The summed E-state index contributed by atoms with van der Waals surface area (Å²) in [5.74, 6) is 1.46. The quantitative estimate of drug-likeness (QED) is 0.896. The molecule has 0 radical (unpaired) electrons. The van der Waals surface area contributed by atoms with Crippen molar-refractivity contribution in [3.05, 3.63) is 17.9 Å². The maximum Gasteiger partial charge on any atom is 0.276 e. The zero-order valence-electron chi connectivity index (χ0n) is 13.0. The van der Waals surface area contributed by atoms with Crippen LogP contribution in [0.15, 0.2) is 21.6 Å². The van der Waals surface area contributed by atoms with E-state index < -0.39 is 10.0 Å². The van der Waals surface area contributed by atoms with Gasteiger partial charge in [-0.25, -0.2) is 8.42 Å². The Morgan fingerprint density at radius 2 is 2.14 bits per heavy atom. The second kappa shape index (κ2) is 6.32. The molecule has 1 aliphatic rings. The molecule has 1 saturated heterocycles. The lowest BCUT2D eigenvalue weighted by atomic mass is 10.2. The number of thioether (sulfide) groups is 1. The molecule has 0 bridgehead atoms. The molecule has 120 valence electrons. The fraction of sp³-hybridized carbons (Fsp3) is 0.714. The lowest BCUT2D eigenvalue weighted by Crippen LogP contribution is -2.45. The smallest absolute Gasteiger partial charge is 0.276 e. The Kier molecular flexibility index (Phi) is 5.07. The maximum absolute atomic E-state index is 12.6. The number of furan rings is 1. The Morgan fingerprint density at radius 1 is 1.43 bits per heavy atom. The van der Waals surface area contributed by atoms with Gasteiger partial charge in [0.1, 0.15) is 5.76 Å². The van der Waals surface area contributed by atoms with E-state index in [1.165, 1.54) is 4.31 Å². The summed E-state index contributed by atoms with van der Waals surface area (Å²) in [7, 11) is -3.53. The van der Waals surface area contributed by atoms with E-state index >= 15 is 0 Å². The molecule has 0 spiro atoms. The van der Waals surface area contributed by atoms with Crippen molar-refractivity contribution in [3.63, 3.8) is 0 Å². The van der Waals surface area contributed by atoms with Gasteiger partial charge in [0.05, 0.1) is 6.54 Å². The molecule has 0 amide bonds. The van der Waals surface area contributed by atoms with E-state index in [1.807, 2.05) is 13.8 Å². The van der Waals surface area contributed by atoms with Gasteiger partial charge in [0.15, 0.2) is 0 Å². The summed E-state index contributed by atoms with van der Waals surface area (Å²) in [6.07, 6.45) is 0. The third-order valence-corrected chi connectivity index (χ3v) is 6.32. The summed E-state index contributed by atoms with van der Waals surface area (Å²) in [6.45, 7) is 9.80. The molecule has 1 fully saturated rings. The zero-order valence-corrected chi connectivity index (χ0v) is 14.7. The van der Waals surface area contributed by atoms with E-state index in [-0.39, 0.29) is 9.84 Å². The summed E-state index contributed by atoms with van der Waals surface area (Å²) >= 11 is 1.81. The molecule has 1 N–H and O–H groups in total. The zero-order chi connectivity index (χ0) is 15.7. The van der Waals surface area contributed by atoms with Gasteiger partial charge in [0.2, 0.25) is 5.09 Å². The fourth-order valence-electron chi connectivity index (χ4n) is 2.20. The first kappa shape index (κ1) is 16.9. The molecule has 5 nitrogen and oxygen atoms in total. The van der Waals surface area contributed by atoms with E-state index in [2.05, 4.69) is 19.2 Å². The van der Waals surface area contributed by atoms with E-state index in [4.69, 9.17) is 4.42 Å². The maximum atomic E-state index is 12.6. The van der Waals surface area contributed by atoms with Crippen molar-refractivity contribution in [2.24, 2.45) is 0 Å². The van der Waals surface area contributed by atoms with Gasteiger partial charge in [-0.3, -0.25) is 0 Å². The van der Waals surface area contributed by atoms with Crippen LogP contribution in [0.3, 0.4) is 0 Å². The number of rotatable bonds is 5. The third-order valence-electron chi connectivity index (χ3n) is 3.31. The standard InChI is InChI=1S/C14H24N2O3S2/c1-11(2)15-9-12-5-6-13(19-12)21(17,18)16-7-8-20-14(3,4)10-16/h5-6,11,15H,7-10H2,1-4H3. The van der Waals surface area contributed by atoms with E-state index in [1.54, 1.807) is 23.9 Å².